The van der Waals surface area contributed by atoms with Crippen LogP contribution in [-0.4, -0.2) is 13.1 Å². The molecule has 0 saturated heterocycles. The Morgan fingerprint density at radius 3 is 2.79 bits per heavy atom. The Kier molecular flexibility index (Phi) is 4.08. The molecule has 1 aromatic heterocycles. The van der Waals surface area contributed by atoms with Crippen LogP contribution in [-0.2, 0) is 6.42 Å². The van der Waals surface area contributed by atoms with Gasteiger partial charge in [0.05, 0.1) is 16.9 Å². The second-order valence-electron chi connectivity index (χ2n) is 4.59. The highest BCUT2D eigenvalue weighted by Crippen LogP contribution is 2.27. The highest BCUT2D eigenvalue weighted by atomic mass is 32.1. The molecule has 4 heteroatoms. The van der Waals surface area contributed by atoms with E-state index in [0.29, 0.717) is 17.3 Å². The van der Waals surface area contributed by atoms with Crippen LogP contribution in [0.2, 0.25) is 0 Å². The number of nitrogens with two attached hydrogens (primary N) is 1. The first-order valence-electron chi connectivity index (χ1n) is 6.17. The van der Waals surface area contributed by atoms with Gasteiger partial charge in [0.2, 0.25) is 0 Å². The first-order valence-corrected chi connectivity index (χ1v) is 7.05. The van der Waals surface area contributed by atoms with Gasteiger partial charge in [-0.15, -0.1) is 11.3 Å². The summed E-state index contributed by atoms with van der Waals surface area (Å²) in [6.45, 7) is 2.16. The van der Waals surface area contributed by atoms with E-state index in [1.165, 1.54) is 4.88 Å². The van der Waals surface area contributed by atoms with Gasteiger partial charge in [0.1, 0.15) is 6.07 Å². The number of anilines is 2. The van der Waals surface area contributed by atoms with Crippen LogP contribution >= 0.6 is 11.3 Å². The minimum Gasteiger partial charge on any atom is -0.396 e. The van der Waals surface area contributed by atoms with Crippen LogP contribution < -0.4 is 10.6 Å². The van der Waals surface area contributed by atoms with Crippen LogP contribution in [0.5, 0.6) is 0 Å². The van der Waals surface area contributed by atoms with Crippen molar-refractivity contribution in [1.29, 1.82) is 5.26 Å². The largest absolute Gasteiger partial charge is 0.396 e. The molecular formula is C15H17N3S. The van der Waals surface area contributed by atoms with Gasteiger partial charge in [-0.2, -0.15) is 5.26 Å². The number of thiophene rings is 1. The summed E-state index contributed by atoms with van der Waals surface area (Å²) in [5, 5.41) is 11.1. The van der Waals surface area contributed by atoms with Crippen LogP contribution in [0.3, 0.4) is 0 Å². The molecule has 0 fully saturated rings. The average molecular weight is 271 g/mol. The molecule has 98 valence electrons. The first-order chi connectivity index (χ1) is 9.13. The van der Waals surface area contributed by atoms with Gasteiger partial charge >= 0.3 is 0 Å². The van der Waals surface area contributed by atoms with Gasteiger partial charge in [0, 0.05) is 24.4 Å². The molecule has 0 aliphatic heterocycles. The van der Waals surface area contributed by atoms with Crippen LogP contribution in [0.25, 0.3) is 0 Å². The molecule has 2 N–H and O–H groups in total. The zero-order valence-electron chi connectivity index (χ0n) is 11.1. The van der Waals surface area contributed by atoms with E-state index in [-0.39, 0.29) is 0 Å². The monoisotopic (exact) mass is 271 g/mol. The molecule has 1 atom stereocenters. The summed E-state index contributed by atoms with van der Waals surface area (Å²) in [5.41, 5.74) is 8.06. The van der Waals surface area contributed by atoms with Crippen molar-refractivity contribution in [2.75, 3.05) is 17.7 Å². The van der Waals surface area contributed by atoms with Crippen molar-refractivity contribution in [3.63, 3.8) is 0 Å². The van der Waals surface area contributed by atoms with Gasteiger partial charge in [0.15, 0.2) is 0 Å². The lowest BCUT2D eigenvalue weighted by molar-refractivity contribution is 0.689. The number of nitriles is 1. The summed E-state index contributed by atoms with van der Waals surface area (Å²) in [4.78, 5) is 3.49. The molecule has 2 rings (SSSR count). The Morgan fingerprint density at radius 1 is 1.37 bits per heavy atom. The number of para-hydroxylation sites is 1. The molecule has 19 heavy (non-hydrogen) atoms. The average Bonchev–Trinajstić information content (AvgIpc) is 2.91. The molecule has 0 aliphatic rings. The van der Waals surface area contributed by atoms with Gasteiger partial charge in [-0.05, 0) is 30.5 Å². The highest BCUT2D eigenvalue weighted by Gasteiger charge is 2.15. The van der Waals surface area contributed by atoms with Crippen molar-refractivity contribution < 1.29 is 0 Å². The molecule has 0 radical (unpaired) electrons. The van der Waals surface area contributed by atoms with E-state index in [0.717, 1.165) is 12.1 Å². The van der Waals surface area contributed by atoms with Crippen molar-refractivity contribution in [2.45, 2.75) is 19.4 Å². The van der Waals surface area contributed by atoms with Crippen molar-refractivity contribution in [3.8, 4) is 6.07 Å². The van der Waals surface area contributed by atoms with E-state index in [4.69, 9.17) is 11.0 Å². The van der Waals surface area contributed by atoms with E-state index in [1.54, 1.807) is 17.4 Å². The third-order valence-electron chi connectivity index (χ3n) is 3.32. The number of likely N-dealkylation sites (N-methyl/N-ethyl adjacent to an activating group) is 1. The van der Waals surface area contributed by atoms with E-state index in [2.05, 4.69) is 35.4 Å². The molecule has 0 spiro atoms. The Morgan fingerprint density at radius 2 is 2.16 bits per heavy atom. The molecule has 1 unspecified atom stereocenters. The predicted molar refractivity (Wildman–Crippen MR) is 81.5 cm³/mol. The maximum Gasteiger partial charge on any atom is 0.101 e. The fourth-order valence-corrected chi connectivity index (χ4v) is 2.88. The van der Waals surface area contributed by atoms with E-state index < -0.39 is 0 Å². The Labute approximate surface area is 117 Å². The van der Waals surface area contributed by atoms with Gasteiger partial charge in [0.25, 0.3) is 0 Å². The zero-order chi connectivity index (χ0) is 13.8. The summed E-state index contributed by atoms with van der Waals surface area (Å²) < 4.78 is 0. The number of nitrogens with zero attached hydrogens (tertiary/aromatic N) is 2. The molecular weight excluding hydrogens is 254 g/mol. The van der Waals surface area contributed by atoms with Crippen molar-refractivity contribution in [2.24, 2.45) is 0 Å². The Balaban J connectivity index is 2.19. The van der Waals surface area contributed by atoms with E-state index in [9.17, 15) is 0 Å². The highest BCUT2D eigenvalue weighted by molar-refractivity contribution is 7.09. The van der Waals surface area contributed by atoms with Crippen molar-refractivity contribution >= 4 is 22.7 Å². The number of benzene rings is 1. The van der Waals surface area contributed by atoms with Crippen molar-refractivity contribution in [3.05, 3.63) is 46.2 Å². The minimum atomic E-state index is 0.329. The molecule has 0 amide bonds. The third-order valence-corrected chi connectivity index (χ3v) is 4.22. The number of hydrogen-bond donors (Lipinski definition) is 1. The second kappa shape index (κ2) is 5.77. The molecule has 2 aromatic rings. The summed E-state index contributed by atoms with van der Waals surface area (Å²) >= 11 is 1.77. The molecule has 0 aliphatic carbocycles. The SMILES string of the molecule is CC(Cc1cccs1)N(C)c1cccc(C#N)c1N. The zero-order valence-corrected chi connectivity index (χ0v) is 11.9. The number of nitrogen functional groups attached to an aromatic ring is 1. The topological polar surface area (TPSA) is 53.0 Å². The minimum absolute atomic E-state index is 0.329. The van der Waals surface area contributed by atoms with E-state index >= 15 is 0 Å². The summed E-state index contributed by atoms with van der Waals surface area (Å²) in [6, 6.07) is 12.2. The van der Waals surface area contributed by atoms with Crippen LogP contribution in [0.15, 0.2) is 35.7 Å². The third kappa shape index (κ3) is 2.88. The molecule has 3 nitrogen and oxygen atoms in total. The lowest BCUT2D eigenvalue weighted by atomic mass is 10.1. The lowest BCUT2D eigenvalue weighted by Gasteiger charge is -2.28. The Hall–Kier alpha value is -1.99. The first kappa shape index (κ1) is 13.4. The van der Waals surface area contributed by atoms with Gasteiger partial charge < -0.3 is 10.6 Å². The lowest BCUT2D eigenvalue weighted by Crippen LogP contribution is -2.31. The van der Waals surface area contributed by atoms with Gasteiger partial charge in [-0.25, -0.2) is 0 Å². The van der Waals surface area contributed by atoms with E-state index in [1.807, 2.05) is 19.2 Å². The van der Waals surface area contributed by atoms with Crippen LogP contribution in [0, 0.1) is 11.3 Å². The maximum absolute atomic E-state index is 9.02. The summed E-state index contributed by atoms with van der Waals surface area (Å²) in [6.07, 6.45) is 0.977. The van der Waals surface area contributed by atoms with Gasteiger partial charge in [-0.1, -0.05) is 12.1 Å². The molecule has 1 aromatic carbocycles. The van der Waals surface area contributed by atoms with Gasteiger partial charge in [-0.3, -0.25) is 0 Å². The summed E-state index contributed by atoms with van der Waals surface area (Å²) in [7, 11) is 2.02. The predicted octanol–water partition coefficient (Wildman–Crippen LogP) is 3.27. The summed E-state index contributed by atoms with van der Waals surface area (Å²) in [5.74, 6) is 0. The Bertz CT molecular complexity index is 584. The smallest absolute Gasteiger partial charge is 0.101 e. The molecule has 0 bridgehead atoms. The molecule has 1 heterocycles. The maximum atomic E-state index is 9.02. The second-order valence-corrected chi connectivity index (χ2v) is 5.63. The van der Waals surface area contributed by atoms with Crippen LogP contribution in [0.1, 0.15) is 17.4 Å². The standard InChI is InChI=1S/C15H17N3S/c1-11(9-13-6-4-8-19-13)18(2)14-7-3-5-12(10-16)15(14)17/h3-8,11H,9,17H2,1-2H3. The molecule has 0 saturated carbocycles. The van der Waals surface area contributed by atoms with Crippen LogP contribution in [0.4, 0.5) is 11.4 Å². The normalized spacial score (nSPS) is 11.8. The number of rotatable bonds is 4. The van der Waals surface area contributed by atoms with Crippen molar-refractivity contribution in [1.82, 2.24) is 0 Å². The quantitative estimate of drug-likeness (QED) is 0.868. The fraction of sp³-hybridized carbons (Fsp3) is 0.267. The fourth-order valence-electron chi connectivity index (χ4n) is 2.05. The number of hydrogen-bond acceptors (Lipinski definition) is 4.